The Kier molecular flexibility index (Phi) is 4.73. The lowest BCUT2D eigenvalue weighted by Crippen LogP contribution is -2.76. The molecule has 0 bridgehead atoms. The molecule has 0 aliphatic carbocycles. The van der Waals surface area contributed by atoms with E-state index in [1.54, 1.807) is 13.3 Å². The molecule has 1 rings (SSSR count). The maximum Gasteiger partial charge on any atom is 0.339 e. The molecule has 0 heterocycles. The first-order valence-corrected chi connectivity index (χ1v) is 7.78. The second-order valence-corrected chi connectivity index (χ2v) is 6.92. The van der Waals surface area contributed by atoms with Crippen molar-refractivity contribution in [2.75, 3.05) is 13.3 Å². The molecular formula is C11H19N3O2P+. The summed E-state index contributed by atoms with van der Waals surface area (Å²) >= 11 is 0. The smallest absolute Gasteiger partial charge is 0.324 e. The van der Waals surface area contributed by atoms with E-state index in [1.807, 2.05) is 24.3 Å². The van der Waals surface area contributed by atoms with Gasteiger partial charge in [0, 0.05) is 13.3 Å². The van der Waals surface area contributed by atoms with Gasteiger partial charge in [0.15, 0.2) is 7.37 Å². The number of hydrogen-bond acceptors (Lipinski definition) is 2. The highest BCUT2D eigenvalue weighted by molar-refractivity contribution is 7.57. The summed E-state index contributed by atoms with van der Waals surface area (Å²) in [6, 6.07) is 7.76. The van der Waals surface area contributed by atoms with Gasteiger partial charge in [-0.2, -0.15) is 0 Å². The lowest BCUT2D eigenvalue weighted by Gasteiger charge is -2.08. The molecule has 0 amide bonds. The molecule has 1 aromatic carbocycles. The number of benzene rings is 1. The van der Waals surface area contributed by atoms with Crippen LogP contribution in [0.4, 0.5) is 0 Å². The summed E-state index contributed by atoms with van der Waals surface area (Å²) in [7, 11) is -2.44. The van der Waals surface area contributed by atoms with Gasteiger partial charge in [-0.05, 0) is 11.1 Å². The van der Waals surface area contributed by atoms with Crippen molar-refractivity contribution in [3.63, 3.8) is 0 Å². The Morgan fingerprint density at radius 2 is 2.00 bits per heavy atom. The normalized spacial score (nSPS) is 11.2. The van der Waals surface area contributed by atoms with E-state index >= 15 is 0 Å². The molecule has 0 spiro atoms. The molecule has 0 aliphatic heterocycles. The summed E-state index contributed by atoms with van der Waals surface area (Å²) in [5.41, 5.74) is 12.7. The Morgan fingerprint density at radius 3 is 2.59 bits per heavy atom. The van der Waals surface area contributed by atoms with Crippen LogP contribution in [0.15, 0.2) is 24.3 Å². The van der Waals surface area contributed by atoms with Crippen LogP contribution in [0.3, 0.4) is 0 Å². The standard InChI is InChI=1S/C11H18N3O2P/c1-17(2,15)16-8-10-5-3-4-9(6-10)7-14-11(12)13/h3-6H,7-8H2,1-2H3,(H4,12,13,14)/p+1. The number of nitrogens with one attached hydrogen (secondary N) is 1. The molecule has 6 heteroatoms. The largest absolute Gasteiger partial charge is 0.339 e. The van der Waals surface area contributed by atoms with Crippen molar-refractivity contribution in [2.24, 2.45) is 11.5 Å². The van der Waals surface area contributed by atoms with Crippen molar-refractivity contribution >= 4 is 13.3 Å². The van der Waals surface area contributed by atoms with Gasteiger partial charge >= 0.3 is 5.96 Å². The molecule has 0 aliphatic rings. The zero-order valence-electron chi connectivity index (χ0n) is 10.1. The molecule has 17 heavy (non-hydrogen) atoms. The number of guanidine groups is 1. The second-order valence-electron chi connectivity index (χ2n) is 4.15. The van der Waals surface area contributed by atoms with Crippen LogP contribution in [-0.4, -0.2) is 19.3 Å². The van der Waals surface area contributed by atoms with Crippen molar-refractivity contribution in [1.82, 2.24) is 0 Å². The molecule has 5 N–H and O–H groups in total. The first-order chi connectivity index (χ1) is 7.87. The zero-order chi connectivity index (χ0) is 12.9. The van der Waals surface area contributed by atoms with Gasteiger partial charge < -0.3 is 4.52 Å². The fourth-order valence-electron chi connectivity index (χ4n) is 1.26. The molecule has 1 aromatic rings. The average molecular weight is 256 g/mol. The first kappa shape index (κ1) is 13.7. The van der Waals surface area contributed by atoms with Gasteiger partial charge in [-0.15, -0.1) is 0 Å². The van der Waals surface area contributed by atoms with Gasteiger partial charge in [-0.3, -0.25) is 21.0 Å². The van der Waals surface area contributed by atoms with Gasteiger partial charge in [0.05, 0.1) is 13.2 Å². The zero-order valence-corrected chi connectivity index (χ0v) is 11.0. The van der Waals surface area contributed by atoms with Gasteiger partial charge in [0.25, 0.3) is 0 Å². The summed E-state index contributed by atoms with van der Waals surface area (Å²) < 4.78 is 16.7. The summed E-state index contributed by atoms with van der Waals surface area (Å²) in [5, 5.41) is 0. The lowest BCUT2D eigenvalue weighted by molar-refractivity contribution is -0.477. The predicted molar refractivity (Wildman–Crippen MR) is 68.7 cm³/mol. The fraction of sp³-hybridized carbons (Fsp3) is 0.364. The minimum absolute atomic E-state index is 0.193. The Morgan fingerprint density at radius 1 is 1.35 bits per heavy atom. The highest BCUT2D eigenvalue weighted by atomic mass is 31.2. The van der Waals surface area contributed by atoms with Crippen LogP contribution in [0.1, 0.15) is 11.1 Å². The van der Waals surface area contributed by atoms with Crippen molar-refractivity contribution in [1.29, 1.82) is 0 Å². The molecule has 0 atom stereocenters. The SMILES string of the molecule is CP(C)(=O)OCc1cccc(C[NH+]=C(N)N)c1. The van der Waals surface area contributed by atoms with E-state index in [9.17, 15) is 4.57 Å². The van der Waals surface area contributed by atoms with Crippen LogP contribution in [-0.2, 0) is 22.2 Å². The lowest BCUT2D eigenvalue weighted by atomic mass is 10.1. The third-order valence-corrected chi connectivity index (χ3v) is 2.78. The van der Waals surface area contributed by atoms with Crippen molar-refractivity contribution in [2.45, 2.75) is 13.2 Å². The third-order valence-electron chi connectivity index (χ3n) is 2.03. The first-order valence-electron chi connectivity index (χ1n) is 5.26. The van der Waals surface area contributed by atoms with Crippen LogP contribution in [0, 0.1) is 0 Å². The van der Waals surface area contributed by atoms with Gasteiger partial charge in [0.1, 0.15) is 0 Å². The summed E-state index contributed by atoms with van der Waals surface area (Å²) in [6.45, 7) is 4.11. The molecule has 0 saturated carbocycles. The molecule has 0 aromatic heterocycles. The molecule has 94 valence electrons. The van der Waals surface area contributed by atoms with Crippen LogP contribution < -0.4 is 16.5 Å². The van der Waals surface area contributed by atoms with E-state index in [2.05, 4.69) is 4.99 Å². The number of rotatable bonds is 5. The van der Waals surface area contributed by atoms with Crippen molar-refractivity contribution < 1.29 is 14.1 Å². The van der Waals surface area contributed by atoms with Gasteiger partial charge in [-0.1, -0.05) is 24.3 Å². The quantitative estimate of drug-likeness (QED) is 0.379. The fourth-order valence-corrected chi connectivity index (χ4v) is 1.72. The average Bonchev–Trinajstić information content (AvgIpc) is 2.23. The predicted octanol–water partition coefficient (Wildman–Crippen LogP) is -0.405. The minimum atomic E-state index is -2.44. The van der Waals surface area contributed by atoms with Crippen LogP contribution in [0.2, 0.25) is 0 Å². The van der Waals surface area contributed by atoms with E-state index in [4.69, 9.17) is 16.0 Å². The maximum atomic E-state index is 11.4. The van der Waals surface area contributed by atoms with Crippen LogP contribution in [0.5, 0.6) is 0 Å². The molecule has 0 saturated heterocycles. The number of nitrogens with two attached hydrogens (primary N) is 2. The topological polar surface area (TPSA) is 92.3 Å². The number of hydrogen-bond donors (Lipinski definition) is 3. The maximum absolute atomic E-state index is 11.4. The van der Waals surface area contributed by atoms with E-state index in [0.29, 0.717) is 13.2 Å². The van der Waals surface area contributed by atoms with Crippen LogP contribution in [0.25, 0.3) is 0 Å². The Hall–Kier alpha value is -1.32. The minimum Gasteiger partial charge on any atom is -0.324 e. The van der Waals surface area contributed by atoms with E-state index in [1.165, 1.54) is 0 Å². The summed E-state index contributed by atoms with van der Waals surface area (Å²) in [4.78, 5) is 2.84. The molecule has 5 nitrogen and oxygen atoms in total. The highest BCUT2D eigenvalue weighted by Crippen LogP contribution is 2.38. The Balaban J connectivity index is 2.66. The molecular weight excluding hydrogens is 237 g/mol. The van der Waals surface area contributed by atoms with E-state index in [0.717, 1.165) is 11.1 Å². The summed E-state index contributed by atoms with van der Waals surface area (Å²) in [5.74, 6) is 0.193. The summed E-state index contributed by atoms with van der Waals surface area (Å²) in [6.07, 6.45) is 0. The van der Waals surface area contributed by atoms with Crippen LogP contribution >= 0.6 is 7.37 Å². The van der Waals surface area contributed by atoms with Crippen molar-refractivity contribution in [3.8, 4) is 0 Å². The van der Waals surface area contributed by atoms with Gasteiger partial charge in [-0.25, -0.2) is 0 Å². The molecule has 0 unspecified atom stereocenters. The van der Waals surface area contributed by atoms with Crippen molar-refractivity contribution in [3.05, 3.63) is 35.4 Å². The second kappa shape index (κ2) is 5.84. The van der Waals surface area contributed by atoms with Gasteiger partial charge in [0.2, 0.25) is 0 Å². The molecule has 0 fully saturated rings. The molecule has 0 radical (unpaired) electrons. The van der Waals surface area contributed by atoms with E-state index < -0.39 is 7.37 Å². The highest BCUT2D eigenvalue weighted by Gasteiger charge is 2.07. The Labute approximate surface area is 101 Å². The Bertz CT molecular complexity index is 450. The third kappa shape index (κ3) is 6.09. The van der Waals surface area contributed by atoms with E-state index in [-0.39, 0.29) is 5.96 Å². The monoisotopic (exact) mass is 256 g/mol.